The fraction of sp³-hybridized carbons (Fsp3) is 0.385. The lowest BCUT2D eigenvalue weighted by atomic mass is 10.1. The highest BCUT2D eigenvalue weighted by atomic mass is 16.2. The maximum atomic E-state index is 11.9. The number of anilines is 1. The lowest BCUT2D eigenvalue weighted by Gasteiger charge is -2.33. The summed E-state index contributed by atoms with van der Waals surface area (Å²) in [5.74, 6) is 0.000759. The van der Waals surface area contributed by atoms with E-state index in [1.54, 1.807) is 21.9 Å². The number of piperazine rings is 1. The largest absolute Gasteiger partial charge is 0.399 e. The number of likely N-dealkylation sites (N-methyl/N-ethyl adjacent to an activating group) is 1. The number of hydrogen-bond donors (Lipinski definition) is 1. The Labute approximate surface area is 106 Å². The van der Waals surface area contributed by atoms with Crippen molar-refractivity contribution in [2.75, 3.05) is 25.4 Å². The van der Waals surface area contributed by atoms with E-state index in [0.717, 1.165) is 5.56 Å². The number of nitrogens with zero attached hydrogens (tertiary/aromatic N) is 2. The van der Waals surface area contributed by atoms with Crippen molar-refractivity contribution in [2.45, 2.75) is 13.5 Å². The SMILES string of the molecule is CCN1CC(=O)N(Cc2ccc(N)cc2)CC1=O. The summed E-state index contributed by atoms with van der Waals surface area (Å²) in [6.07, 6.45) is 0. The minimum atomic E-state index is -0.00623. The summed E-state index contributed by atoms with van der Waals surface area (Å²) in [5.41, 5.74) is 7.28. The lowest BCUT2D eigenvalue weighted by molar-refractivity contribution is -0.150. The maximum absolute atomic E-state index is 11.9. The topological polar surface area (TPSA) is 66.6 Å². The molecule has 1 fully saturated rings. The molecule has 1 heterocycles. The summed E-state index contributed by atoms with van der Waals surface area (Å²) in [6.45, 7) is 3.27. The zero-order valence-corrected chi connectivity index (χ0v) is 10.4. The standard InChI is InChI=1S/C13H17N3O2/c1-2-15-8-13(18)16(9-12(15)17)7-10-3-5-11(14)6-4-10/h3-6H,2,7-9,14H2,1H3. The Kier molecular flexibility index (Phi) is 3.50. The van der Waals surface area contributed by atoms with Crippen LogP contribution in [0.25, 0.3) is 0 Å². The summed E-state index contributed by atoms with van der Waals surface area (Å²) in [6, 6.07) is 7.34. The fourth-order valence-electron chi connectivity index (χ4n) is 1.98. The molecule has 0 spiro atoms. The molecule has 0 radical (unpaired) electrons. The molecule has 1 saturated heterocycles. The third-order valence-corrected chi connectivity index (χ3v) is 3.09. The van der Waals surface area contributed by atoms with E-state index in [2.05, 4.69) is 0 Å². The number of hydrogen-bond acceptors (Lipinski definition) is 3. The van der Waals surface area contributed by atoms with E-state index < -0.39 is 0 Å². The first-order chi connectivity index (χ1) is 8.60. The first-order valence-corrected chi connectivity index (χ1v) is 6.00. The second-order valence-corrected chi connectivity index (χ2v) is 4.40. The van der Waals surface area contributed by atoms with Crippen molar-refractivity contribution < 1.29 is 9.59 Å². The van der Waals surface area contributed by atoms with Gasteiger partial charge in [-0.05, 0) is 24.6 Å². The van der Waals surface area contributed by atoms with Crippen molar-refractivity contribution in [3.63, 3.8) is 0 Å². The highest BCUT2D eigenvalue weighted by molar-refractivity contribution is 5.92. The van der Waals surface area contributed by atoms with Gasteiger partial charge in [0.2, 0.25) is 11.8 Å². The molecule has 0 saturated carbocycles. The van der Waals surface area contributed by atoms with Gasteiger partial charge in [-0.3, -0.25) is 9.59 Å². The summed E-state index contributed by atoms with van der Waals surface area (Å²) in [4.78, 5) is 26.8. The third-order valence-electron chi connectivity index (χ3n) is 3.09. The first kappa shape index (κ1) is 12.4. The minimum Gasteiger partial charge on any atom is -0.399 e. The van der Waals surface area contributed by atoms with Crippen LogP contribution in [0.2, 0.25) is 0 Å². The summed E-state index contributed by atoms with van der Waals surface area (Å²) >= 11 is 0. The molecule has 1 aromatic rings. The van der Waals surface area contributed by atoms with E-state index in [1.807, 2.05) is 19.1 Å². The predicted octanol–water partition coefficient (Wildman–Crippen LogP) is 0.459. The average molecular weight is 247 g/mol. The van der Waals surface area contributed by atoms with E-state index in [4.69, 9.17) is 5.73 Å². The zero-order valence-electron chi connectivity index (χ0n) is 10.4. The Bertz CT molecular complexity index is 456. The van der Waals surface area contributed by atoms with E-state index in [-0.39, 0.29) is 24.9 Å². The minimum absolute atomic E-state index is 0.00623. The monoisotopic (exact) mass is 247 g/mol. The van der Waals surface area contributed by atoms with Crippen LogP contribution >= 0.6 is 0 Å². The van der Waals surface area contributed by atoms with Gasteiger partial charge >= 0.3 is 0 Å². The van der Waals surface area contributed by atoms with Crippen molar-refractivity contribution in [3.05, 3.63) is 29.8 Å². The molecule has 0 aliphatic carbocycles. The van der Waals surface area contributed by atoms with Crippen molar-refractivity contribution in [1.29, 1.82) is 0 Å². The summed E-state index contributed by atoms with van der Waals surface area (Å²) in [5, 5.41) is 0. The van der Waals surface area contributed by atoms with Gasteiger partial charge in [-0.15, -0.1) is 0 Å². The number of nitrogens with two attached hydrogens (primary N) is 1. The van der Waals surface area contributed by atoms with Gasteiger partial charge in [-0.2, -0.15) is 0 Å². The fourth-order valence-corrected chi connectivity index (χ4v) is 1.98. The Hall–Kier alpha value is -2.04. The molecule has 18 heavy (non-hydrogen) atoms. The van der Waals surface area contributed by atoms with Crippen molar-refractivity contribution in [2.24, 2.45) is 0 Å². The molecular formula is C13H17N3O2. The molecule has 0 bridgehead atoms. The van der Waals surface area contributed by atoms with Crippen LogP contribution < -0.4 is 5.73 Å². The Morgan fingerprint density at radius 3 is 2.22 bits per heavy atom. The zero-order chi connectivity index (χ0) is 13.1. The second kappa shape index (κ2) is 5.08. The quantitative estimate of drug-likeness (QED) is 0.789. The lowest BCUT2D eigenvalue weighted by Crippen LogP contribution is -2.53. The molecule has 5 nitrogen and oxygen atoms in total. The average Bonchev–Trinajstić information content (AvgIpc) is 2.36. The third kappa shape index (κ3) is 2.61. The molecule has 0 atom stereocenters. The molecule has 96 valence electrons. The molecule has 5 heteroatoms. The van der Waals surface area contributed by atoms with Crippen LogP contribution in [0.5, 0.6) is 0 Å². The molecule has 2 amide bonds. The van der Waals surface area contributed by atoms with Crippen LogP contribution in [0.15, 0.2) is 24.3 Å². The number of benzene rings is 1. The van der Waals surface area contributed by atoms with Crippen LogP contribution in [-0.2, 0) is 16.1 Å². The van der Waals surface area contributed by atoms with Crippen LogP contribution in [0.3, 0.4) is 0 Å². The van der Waals surface area contributed by atoms with Crippen LogP contribution in [-0.4, -0.2) is 41.2 Å². The maximum Gasteiger partial charge on any atom is 0.242 e. The number of amides is 2. The van der Waals surface area contributed by atoms with Gasteiger partial charge in [-0.1, -0.05) is 12.1 Å². The molecule has 2 rings (SSSR count). The van der Waals surface area contributed by atoms with Crippen molar-refractivity contribution in [1.82, 2.24) is 9.80 Å². The molecule has 2 N–H and O–H groups in total. The highest BCUT2D eigenvalue weighted by Gasteiger charge is 2.28. The Morgan fingerprint density at radius 1 is 1.06 bits per heavy atom. The Morgan fingerprint density at radius 2 is 1.61 bits per heavy atom. The number of carbonyl (C=O) groups excluding carboxylic acids is 2. The number of nitrogen functional groups attached to an aromatic ring is 1. The van der Waals surface area contributed by atoms with Gasteiger partial charge in [0.05, 0.1) is 6.54 Å². The first-order valence-electron chi connectivity index (χ1n) is 6.00. The number of rotatable bonds is 3. The van der Waals surface area contributed by atoms with E-state index in [1.165, 1.54) is 0 Å². The molecule has 1 aromatic carbocycles. The second-order valence-electron chi connectivity index (χ2n) is 4.40. The van der Waals surface area contributed by atoms with Crippen molar-refractivity contribution in [3.8, 4) is 0 Å². The van der Waals surface area contributed by atoms with Gasteiger partial charge in [0.15, 0.2) is 0 Å². The summed E-state index contributed by atoms with van der Waals surface area (Å²) in [7, 11) is 0. The van der Waals surface area contributed by atoms with Gasteiger partial charge in [0.1, 0.15) is 6.54 Å². The molecule has 0 unspecified atom stereocenters. The Balaban J connectivity index is 2.04. The highest BCUT2D eigenvalue weighted by Crippen LogP contribution is 2.12. The number of carbonyl (C=O) groups is 2. The molecule has 1 aliphatic heterocycles. The van der Waals surface area contributed by atoms with E-state index in [0.29, 0.717) is 18.8 Å². The van der Waals surface area contributed by atoms with Gasteiger partial charge < -0.3 is 15.5 Å². The molecular weight excluding hydrogens is 230 g/mol. The summed E-state index contributed by atoms with van der Waals surface area (Å²) < 4.78 is 0. The van der Waals surface area contributed by atoms with Crippen LogP contribution in [0.1, 0.15) is 12.5 Å². The normalized spacial score (nSPS) is 16.3. The predicted molar refractivity (Wildman–Crippen MR) is 68.5 cm³/mol. The van der Waals surface area contributed by atoms with Gasteiger partial charge in [0.25, 0.3) is 0 Å². The van der Waals surface area contributed by atoms with Gasteiger partial charge in [0, 0.05) is 18.8 Å². The van der Waals surface area contributed by atoms with Crippen LogP contribution in [0.4, 0.5) is 5.69 Å². The molecule has 0 aromatic heterocycles. The smallest absolute Gasteiger partial charge is 0.242 e. The van der Waals surface area contributed by atoms with E-state index in [9.17, 15) is 9.59 Å². The van der Waals surface area contributed by atoms with Gasteiger partial charge in [-0.25, -0.2) is 0 Å². The molecule has 1 aliphatic rings. The van der Waals surface area contributed by atoms with E-state index >= 15 is 0 Å². The van der Waals surface area contributed by atoms with Crippen molar-refractivity contribution >= 4 is 17.5 Å². The van der Waals surface area contributed by atoms with Crippen LogP contribution in [0, 0.1) is 0 Å².